The zero-order valence-electron chi connectivity index (χ0n) is 15.4. The van der Waals surface area contributed by atoms with E-state index in [1.165, 1.54) is 22.7 Å². The van der Waals surface area contributed by atoms with E-state index in [2.05, 4.69) is 51.7 Å². The highest BCUT2D eigenvalue weighted by atomic mass is 79.9. The van der Waals surface area contributed by atoms with E-state index in [9.17, 15) is 19.5 Å². The van der Waals surface area contributed by atoms with Gasteiger partial charge in [0.2, 0.25) is 17.4 Å². The highest BCUT2D eigenvalue weighted by Gasteiger charge is 2.57. The van der Waals surface area contributed by atoms with Crippen LogP contribution in [-0.2, 0) is 19.2 Å². The van der Waals surface area contributed by atoms with Gasteiger partial charge in [-0.25, -0.2) is 0 Å². The van der Waals surface area contributed by atoms with E-state index in [-0.39, 0.29) is 41.5 Å². The van der Waals surface area contributed by atoms with Crippen molar-refractivity contribution in [1.82, 2.24) is 19.6 Å². The number of β-lactam (4-membered cyclic amide) rings is 1. The molecule has 3 heterocycles. The van der Waals surface area contributed by atoms with Gasteiger partial charge in [-0.2, -0.15) is 9.36 Å². The van der Waals surface area contributed by atoms with E-state index >= 15 is 0 Å². The first-order valence-electron chi connectivity index (χ1n) is 8.48. The number of nitrogens with two attached hydrogens (primary N) is 1. The molecule has 0 aromatic carbocycles. The molecule has 3 rings (SSSR count). The number of carbonyl (C=O) groups excluding carboxylic acids is 2. The smallest absolute Gasteiger partial charge is 0.316 e. The third-order valence-electron chi connectivity index (χ3n) is 4.36. The summed E-state index contributed by atoms with van der Waals surface area (Å²) in [6.07, 6.45) is 1.52. The van der Waals surface area contributed by atoms with Crippen molar-refractivity contribution in [3.63, 3.8) is 0 Å². The molecule has 2 amide bonds. The number of carboxylic acid groups (broad SMARTS) is 1. The SMILES string of the molecule is CCON=C(C(=O)NC1C(=O)N2CC(C=C(Br)Br)(C(=O)O)CS[C@H]12)c1nsc(N)n1. The Balaban J connectivity index is 1.74. The molecule has 2 fully saturated rings. The van der Waals surface area contributed by atoms with Gasteiger partial charge in [-0.1, -0.05) is 5.16 Å². The topological polar surface area (TPSA) is 160 Å². The van der Waals surface area contributed by atoms with Crippen molar-refractivity contribution in [2.24, 2.45) is 10.6 Å². The molecule has 11 nitrogen and oxygen atoms in total. The molecule has 1 aromatic rings. The lowest BCUT2D eigenvalue weighted by molar-refractivity contribution is -0.156. The third kappa shape index (κ3) is 4.48. The summed E-state index contributed by atoms with van der Waals surface area (Å²) >= 11 is 8.55. The first-order valence-corrected chi connectivity index (χ1v) is 11.9. The number of nitrogens with one attached hydrogen (secondary N) is 1. The summed E-state index contributed by atoms with van der Waals surface area (Å²) in [4.78, 5) is 47.6. The summed E-state index contributed by atoms with van der Waals surface area (Å²) in [5, 5.41) is 15.8. The number of hydrogen-bond donors (Lipinski definition) is 3. The van der Waals surface area contributed by atoms with Gasteiger partial charge in [0.05, 0.1) is 3.39 Å². The van der Waals surface area contributed by atoms with Gasteiger partial charge in [0.1, 0.15) is 23.4 Å². The summed E-state index contributed by atoms with van der Waals surface area (Å²) in [6.45, 7) is 1.91. The number of halogens is 2. The largest absolute Gasteiger partial charge is 0.481 e. The van der Waals surface area contributed by atoms with Crippen LogP contribution < -0.4 is 11.1 Å². The van der Waals surface area contributed by atoms with Gasteiger partial charge in [0.25, 0.3) is 5.91 Å². The number of carbonyl (C=O) groups is 3. The van der Waals surface area contributed by atoms with Gasteiger partial charge in [0, 0.05) is 23.8 Å². The van der Waals surface area contributed by atoms with Gasteiger partial charge in [0.15, 0.2) is 5.13 Å². The summed E-state index contributed by atoms with van der Waals surface area (Å²) in [6, 6.07) is -0.825. The number of rotatable bonds is 7. The quantitative estimate of drug-likeness (QED) is 0.241. The normalized spacial score (nSPS) is 25.8. The highest BCUT2D eigenvalue weighted by Crippen LogP contribution is 2.44. The second-order valence-electron chi connectivity index (χ2n) is 6.33. The van der Waals surface area contributed by atoms with Crippen LogP contribution in [0, 0.1) is 5.41 Å². The monoisotopic (exact) mass is 582 g/mol. The Labute approximate surface area is 195 Å². The number of anilines is 1. The van der Waals surface area contributed by atoms with E-state index < -0.39 is 28.7 Å². The molecule has 2 aliphatic heterocycles. The summed E-state index contributed by atoms with van der Waals surface area (Å²) in [5.74, 6) is -1.87. The molecule has 0 saturated carbocycles. The van der Waals surface area contributed by atoms with Crippen molar-refractivity contribution in [1.29, 1.82) is 0 Å². The van der Waals surface area contributed by atoms with Crippen LogP contribution in [0.3, 0.4) is 0 Å². The second-order valence-corrected chi connectivity index (χ2v) is 11.0. The Morgan fingerprint density at radius 3 is 2.83 bits per heavy atom. The van der Waals surface area contributed by atoms with E-state index in [4.69, 9.17) is 10.6 Å². The fourth-order valence-electron chi connectivity index (χ4n) is 2.94. The molecule has 0 spiro atoms. The third-order valence-corrected chi connectivity index (χ3v) is 6.91. The average Bonchev–Trinajstić information content (AvgIpc) is 3.11. The van der Waals surface area contributed by atoms with Crippen molar-refractivity contribution >= 4 is 83.8 Å². The number of carboxylic acids is 1. The molecule has 0 radical (unpaired) electrons. The summed E-state index contributed by atoms with van der Waals surface area (Å²) < 4.78 is 4.45. The number of hydrogen-bond acceptors (Lipinski definition) is 10. The lowest BCUT2D eigenvalue weighted by Crippen LogP contribution is -2.73. The number of amides is 2. The molecule has 2 aliphatic rings. The molecule has 0 bridgehead atoms. The number of nitrogens with zero attached hydrogens (tertiary/aromatic N) is 4. The Hall–Kier alpha value is -1.71. The van der Waals surface area contributed by atoms with Crippen LogP contribution in [0.5, 0.6) is 0 Å². The van der Waals surface area contributed by atoms with Gasteiger partial charge >= 0.3 is 5.97 Å². The molecule has 0 aliphatic carbocycles. The first-order chi connectivity index (χ1) is 14.2. The van der Waals surface area contributed by atoms with Crippen LogP contribution in [0.25, 0.3) is 0 Å². The minimum atomic E-state index is -1.24. The van der Waals surface area contributed by atoms with Crippen LogP contribution in [0.2, 0.25) is 0 Å². The zero-order chi connectivity index (χ0) is 22.1. The van der Waals surface area contributed by atoms with Crippen LogP contribution in [0.15, 0.2) is 14.6 Å². The molecular weight excluding hydrogens is 568 g/mol. The molecule has 15 heteroatoms. The van der Waals surface area contributed by atoms with Crippen molar-refractivity contribution in [2.45, 2.75) is 18.3 Å². The van der Waals surface area contributed by atoms with Crippen molar-refractivity contribution in [3.05, 3.63) is 15.3 Å². The van der Waals surface area contributed by atoms with Crippen molar-refractivity contribution < 1.29 is 24.3 Å². The standard InChI is InChI=1S/C15H16Br2N6O5S2/c1-2-28-21-7(9-20-14(18)30-22-9)10(24)19-8-11(25)23-4-15(13(26)27,3-6(16)17)5-29-12(8)23/h3,8,12H,2,4-5H2,1H3,(H,19,24)(H,26,27)(H2,18,20,22)/t8?,12-,15?/m1/s1. The number of nitrogen functional groups attached to an aromatic ring is 1. The molecule has 3 atom stereocenters. The minimum Gasteiger partial charge on any atom is -0.481 e. The Kier molecular flexibility index (Phi) is 7.04. The van der Waals surface area contributed by atoms with Crippen LogP contribution in [-0.4, -0.2) is 73.2 Å². The van der Waals surface area contributed by atoms with E-state index in [0.29, 0.717) is 3.39 Å². The van der Waals surface area contributed by atoms with Gasteiger partial charge in [-0.05, 0) is 44.9 Å². The molecule has 4 N–H and O–H groups in total. The highest BCUT2D eigenvalue weighted by molar-refractivity contribution is 9.28. The predicted molar refractivity (Wildman–Crippen MR) is 118 cm³/mol. The maximum Gasteiger partial charge on any atom is 0.316 e. The Morgan fingerprint density at radius 1 is 1.53 bits per heavy atom. The van der Waals surface area contributed by atoms with Gasteiger partial charge in [-0.15, -0.1) is 11.8 Å². The molecule has 1 aromatic heterocycles. The fourth-order valence-corrected chi connectivity index (χ4v) is 5.75. The molecule has 162 valence electrons. The molecule has 2 saturated heterocycles. The Morgan fingerprint density at radius 2 is 2.27 bits per heavy atom. The predicted octanol–water partition coefficient (Wildman–Crippen LogP) is 0.963. The van der Waals surface area contributed by atoms with Crippen LogP contribution in [0.4, 0.5) is 5.13 Å². The van der Waals surface area contributed by atoms with Crippen LogP contribution >= 0.6 is 55.2 Å². The maximum atomic E-state index is 12.7. The fraction of sp³-hybridized carbons (Fsp3) is 0.467. The summed E-state index contributed by atoms with van der Waals surface area (Å²) in [5.41, 5.74) is 4.14. The minimum absolute atomic E-state index is 0.000535. The van der Waals surface area contributed by atoms with Gasteiger partial charge in [-0.3, -0.25) is 14.4 Å². The number of fused-ring (bicyclic) bond motifs is 1. The lowest BCUT2D eigenvalue weighted by Gasteiger charge is -2.53. The zero-order valence-corrected chi connectivity index (χ0v) is 20.2. The second kappa shape index (κ2) is 9.20. The molecule has 2 unspecified atom stereocenters. The van der Waals surface area contributed by atoms with Crippen LogP contribution in [0.1, 0.15) is 12.7 Å². The van der Waals surface area contributed by atoms with Crippen molar-refractivity contribution in [3.8, 4) is 0 Å². The van der Waals surface area contributed by atoms with E-state index in [1.807, 2.05) is 0 Å². The maximum absolute atomic E-state index is 12.7. The number of aliphatic carboxylic acids is 1. The number of aromatic nitrogens is 2. The summed E-state index contributed by atoms with van der Waals surface area (Å²) in [7, 11) is 0. The molecular formula is C15H16Br2N6O5S2. The van der Waals surface area contributed by atoms with Gasteiger partial charge < -0.3 is 25.9 Å². The first kappa shape index (κ1) is 23.0. The Bertz CT molecular complexity index is 936. The number of thioether (sulfide) groups is 1. The van der Waals surface area contributed by atoms with E-state index in [0.717, 1.165) is 11.5 Å². The average molecular weight is 584 g/mol. The molecule has 30 heavy (non-hydrogen) atoms. The van der Waals surface area contributed by atoms with Crippen molar-refractivity contribution in [2.75, 3.05) is 24.6 Å². The van der Waals surface area contributed by atoms with E-state index in [1.54, 1.807) is 6.92 Å². The number of oxime groups is 1. The lowest BCUT2D eigenvalue weighted by atomic mass is 9.87.